The molecule has 112 valence electrons. The summed E-state index contributed by atoms with van der Waals surface area (Å²) in [6.07, 6.45) is 1.98. The van der Waals surface area contributed by atoms with Gasteiger partial charge < -0.3 is 10.4 Å². The number of carbonyl (C=O) groups is 2. The second kappa shape index (κ2) is 8.11. The van der Waals surface area contributed by atoms with E-state index in [0.29, 0.717) is 12.8 Å². The Kier molecular flexibility index (Phi) is 7.62. The van der Waals surface area contributed by atoms with Crippen LogP contribution in [-0.4, -0.2) is 35.3 Å². The fourth-order valence-electron chi connectivity index (χ4n) is 1.64. The number of carboxylic acids is 1. The fraction of sp³-hybridized carbons (Fsp3) is 0.818. The maximum atomic E-state index is 11.8. The van der Waals surface area contributed by atoms with Gasteiger partial charge in [0, 0.05) is 5.92 Å². The molecule has 0 saturated heterocycles. The lowest BCUT2D eigenvalue weighted by atomic mass is 9.98. The molecule has 2 atom stereocenters. The Balaban J connectivity index is 4.73. The van der Waals surface area contributed by atoms with E-state index in [9.17, 15) is 18.0 Å². The Labute approximate surface area is 113 Å². The van der Waals surface area contributed by atoms with Gasteiger partial charge >= 0.3 is 5.97 Å². The van der Waals surface area contributed by atoms with E-state index in [2.05, 4.69) is 5.32 Å². The third kappa shape index (κ3) is 7.12. The van der Waals surface area contributed by atoms with Gasteiger partial charge in [0.2, 0.25) is 5.91 Å². The van der Waals surface area contributed by atoms with Gasteiger partial charge in [-0.05, 0) is 12.8 Å². The normalized spacial score (nSPS) is 14.7. The number of nitrogens with one attached hydrogen (secondary N) is 1. The van der Waals surface area contributed by atoms with Crippen LogP contribution in [0.5, 0.6) is 0 Å². The molecule has 0 fully saturated rings. The van der Waals surface area contributed by atoms with E-state index < -0.39 is 33.8 Å². The number of rotatable bonds is 9. The predicted octanol–water partition coefficient (Wildman–Crippen LogP) is 1.01. The monoisotopic (exact) mass is 295 g/mol. The quantitative estimate of drug-likeness (QED) is 0.546. The summed E-state index contributed by atoms with van der Waals surface area (Å²) < 4.78 is 30.9. The van der Waals surface area contributed by atoms with Crippen LogP contribution in [0, 0.1) is 5.92 Å². The Morgan fingerprint density at radius 2 is 1.84 bits per heavy atom. The van der Waals surface area contributed by atoms with Gasteiger partial charge in [-0.15, -0.1) is 0 Å². The van der Waals surface area contributed by atoms with Crippen molar-refractivity contribution in [2.75, 3.05) is 0 Å². The molecule has 0 heterocycles. The summed E-state index contributed by atoms with van der Waals surface area (Å²) in [5, 5.41) is 8.86. The van der Waals surface area contributed by atoms with Crippen molar-refractivity contribution in [3.05, 3.63) is 0 Å². The van der Waals surface area contributed by atoms with Crippen LogP contribution in [0.25, 0.3) is 0 Å². The van der Waals surface area contributed by atoms with Crippen LogP contribution in [0.3, 0.4) is 0 Å². The van der Waals surface area contributed by atoms with Crippen LogP contribution in [0.4, 0.5) is 0 Å². The third-order valence-corrected chi connectivity index (χ3v) is 3.80. The maximum Gasteiger partial charge on any atom is 0.306 e. The van der Waals surface area contributed by atoms with E-state index in [1.165, 1.54) is 0 Å². The van der Waals surface area contributed by atoms with E-state index in [1.54, 1.807) is 6.92 Å². The van der Waals surface area contributed by atoms with Gasteiger partial charge in [0.1, 0.15) is 0 Å². The van der Waals surface area contributed by atoms with E-state index in [4.69, 9.17) is 9.66 Å². The number of hydrogen-bond donors (Lipinski definition) is 3. The molecule has 0 spiro atoms. The Hall–Kier alpha value is -1.15. The van der Waals surface area contributed by atoms with E-state index in [0.717, 1.165) is 12.8 Å². The number of hydrogen-bond acceptors (Lipinski definition) is 4. The van der Waals surface area contributed by atoms with Crippen molar-refractivity contribution in [3.63, 3.8) is 0 Å². The summed E-state index contributed by atoms with van der Waals surface area (Å²) in [5.74, 6) is -2.33. The van der Waals surface area contributed by atoms with Gasteiger partial charge in [-0.1, -0.05) is 26.7 Å². The zero-order chi connectivity index (χ0) is 15.1. The van der Waals surface area contributed by atoms with Crippen molar-refractivity contribution >= 4 is 22.0 Å². The third-order valence-electron chi connectivity index (χ3n) is 2.79. The lowest BCUT2D eigenvalue weighted by Gasteiger charge is -2.19. The first-order valence-electron chi connectivity index (χ1n) is 6.20. The number of amides is 1. The topological polar surface area (TPSA) is 121 Å². The first-order chi connectivity index (χ1) is 8.72. The summed E-state index contributed by atoms with van der Waals surface area (Å²) >= 11 is 0. The largest absolute Gasteiger partial charge is 0.481 e. The molecule has 8 heteroatoms. The highest BCUT2D eigenvalue weighted by molar-refractivity contribution is 7.86. The van der Waals surface area contributed by atoms with Gasteiger partial charge in [0.25, 0.3) is 10.1 Å². The lowest BCUT2D eigenvalue weighted by Crippen LogP contribution is -2.44. The fourth-order valence-corrected chi connectivity index (χ4v) is 2.26. The first-order valence-corrected chi connectivity index (χ1v) is 7.71. The molecular formula is C11H21NO6S. The highest BCUT2D eigenvalue weighted by atomic mass is 32.2. The molecule has 3 N–H and O–H groups in total. The smallest absolute Gasteiger partial charge is 0.306 e. The van der Waals surface area contributed by atoms with Crippen molar-refractivity contribution in [2.45, 2.75) is 51.3 Å². The van der Waals surface area contributed by atoms with Crippen LogP contribution < -0.4 is 5.32 Å². The number of unbranched alkanes of at least 4 members (excludes halogenated alkanes) is 1. The predicted molar refractivity (Wildman–Crippen MR) is 69.0 cm³/mol. The molecular weight excluding hydrogens is 274 g/mol. The second-order valence-electron chi connectivity index (χ2n) is 4.36. The Morgan fingerprint density at radius 1 is 1.26 bits per heavy atom. The highest BCUT2D eigenvalue weighted by Crippen LogP contribution is 2.14. The number of aliphatic carboxylic acids is 1. The standard InChI is InChI=1S/C11H21NO6S/c1-3-5-6-8(4-2)11(15)12-9(7-10(13)14)19(16,17)18/h8-9H,3-7H2,1-2H3,(H,12,15)(H,13,14)(H,16,17,18). The molecule has 19 heavy (non-hydrogen) atoms. The maximum absolute atomic E-state index is 11.8. The average molecular weight is 295 g/mol. The zero-order valence-corrected chi connectivity index (χ0v) is 11.9. The molecule has 0 aliphatic rings. The lowest BCUT2D eigenvalue weighted by molar-refractivity contribution is -0.137. The Bertz CT molecular complexity index is 405. The number of carboxylic acid groups (broad SMARTS) is 1. The van der Waals surface area contributed by atoms with Gasteiger partial charge in [0.15, 0.2) is 5.37 Å². The molecule has 0 radical (unpaired) electrons. The summed E-state index contributed by atoms with van der Waals surface area (Å²) in [5.41, 5.74) is 0. The van der Waals surface area contributed by atoms with Crippen LogP contribution in [0.2, 0.25) is 0 Å². The van der Waals surface area contributed by atoms with Crippen LogP contribution in [0.1, 0.15) is 46.0 Å². The molecule has 0 aromatic rings. The van der Waals surface area contributed by atoms with E-state index in [-0.39, 0.29) is 5.92 Å². The van der Waals surface area contributed by atoms with Gasteiger partial charge in [-0.3, -0.25) is 14.1 Å². The van der Waals surface area contributed by atoms with Gasteiger partial charge in [-0.2, -0.15) is 8.42 Å². The molecule has 0 aliphatic heterocycles. The highest BCUT2D eigenvalue weighted by Gasteiger charge is 2.29. The van der Waals surface area contributed by atoms with Crippen molar-refractivity contribution < 1.29 is 27.7 Å². The molecule has 2 unspecified atom stereocenters. The zero-order valence-electron chi connectivity index (χ0n) is 11.1. The van der Waals surface area contributed by atoms with Crippen LogP contribution >= 0.6 is 0 Å². The minimum absolute atomic E-state index is 0.377. The molecule has 0 aliphatic carbocycles. The summed E-state index contributed by atoms with van der Waals surface area (Å²) in [7, 11) is -4.63. The molecule has 0 rings (SSSR count). The SMILES string of the molecule is CCCCC(CC)C(=O)NC(CC(=O)O)S(=O)(=O)O. The van der Waals surface area contributed by atoms with E-state index >= 15 is 0 Å². The van der Waals surface area contributed by atoms with Crippen molar-refractivity contribution in [3.8, 4) is 0 Å². The average Bonchev–Trinajstić information content (AvgIpc) is 2.27. The molecule has 0 bridgehead atoms. The van der Waals surface area contributed by atoms with Crippen LogP contribution in [0.15, 0.2) is 0 Å². The van der Waals surface area contributed by atoms with Crippen molar-refractivity contribution in [1.82, 2.24) is 5.32 Å². The van der Waals surface area contributed by atoms with Crippen LogP contribution in [-0.2, 0) is 19.7 Å². The Morgan fingerprint density at radius 3 is 2.21 bits per heavy atom. The molecule has 7 nitrogen and oxygen atoms in total. The molecule has 0 aromatic carbocycles. The minimum Gasteiger partial charge on any atom is -0.481 e. The molecule has 0 saturated carbocycles. The molecule has 1 amide bonds. The number of carbonyl (C=O) groups excluding carboxylic acids is 1. The minimum atomic E-state index is -4.63. The van der Waals surface area contributed by atoms with Gasteiger partial charge in [-0.25, -0.2) is 0 Å². The van der Waals surface area contributed by atoms with Crippen molar-refractivity contribution in [2.24, 2.45) is 5.92 Å². The van der Waals surface area contributed by atoms with Gasteiger partial charge in [0.05, 0.1) is 6.42 Å². The first kappa shape index (κ1) is 17.8. The molecule has 0 aromatic heterocycles. The summed E-state index contributed by atoms with van der Waals surface area (Å²) in [6.45, 7) is 3.76. The summed E-state index contributed by atoms with van der Waals surface area (Å²) in [6, 6.07) is 0. The van der Waals surface area contributed by atoms with E-state index in [1.807, 2.05) is 6.92 Å². The summed E-state index contributed by atoms with van der Waals surface area (Å²) in [4.78, 5) is 22.4. The second-order valence-corrected chi connectivity index (χ2v) is 5.96. The van der Waals surface area contributed by atoms with Crippen molar-refractivity contribution in [1.29, 1.82) is 0 Å².